The highest BCUT2D eigenvalue weighted by Crippen LogP contribution is 2.34. The smallest absolute Gasteiger partial charge is 0.238 e. The number of piperazine rings is 1. The van der Waals surface area contributed by atoms with Crippen LogP contribution in [0.2, 0.25) is 0 Å². The number of methoxy groups -OCH3 is 1. The van der Waals surface area contributed by atoms with Crippen LogP contribution in [0.1, 0.15) is 0 Å². The molecule has 9 nitrogen and oxygen atoms in total. The number of rotatable bonds is 7. The van der Waals surface area contributed by atoms with Gasteiger partial charge in [-0.25, -0.2) is 27.9 Å². The van der Waals surface area contributed by atoms with E-state index in [2.05, 4.69) is 31.5 Å². The summed E-state index contributed by atoms with van der Waals surface area (Å²) in [5.74, 6) is -0.164. The third kappa shape index (κ3) is 5.97. The molecule has 1 saturated heterocycles. The van der Waals surface area contributed by atoms with Crippen LogP contribution < -0.4 is 20.1 Å². The molecule has 0 bridgehead atoms. The van der Waals surface area contributed by atoms with Crippen molar-refractivity contribution in [1.29, 1.82) is 0 Å². The molecule has 220 valence electrons. The van der Waals surface area contributed by atoms with Crippen LogP contribution in [0.4, 0.5) is 26.1 Å². The first-order valence-corrected chi connectivity index (χ1v) is 14.7. The van der Waals surface area contributed by atoms with Crippen molar-refractivity contribution in [2.75, 3.05) is 55.7 Å². The van der Waals surface area contributed by atoms with Crippen molar-refractivity contribution in [2.45, 2.75) is 4.90 Å². The lowest BCUT2D eigenvalue weighted by atomic mass is 10.0. The molecule has 3 N–H and O–H groups in total. The Morgan fingerprint density at radius 1 is 0.907 bits per heavy atom. The van der Waals surface area contributed by atoms with E-state index in [0.717, 1.165) is 71.7 Å². The summed E-state index contributed by atoms with van der Waals surface area (Å²) in [5, 5.41) is 0.854. The van der Waals surface area contributed by atoms with Crippen LogP contribution in [0.15, 0.2) is 78.0 Å². The molecule has 0 aliphatic carbocycles. The lowest BCUT2D eigenvalue weighted by Gasteiger charge is -2.33. The van der Waals surface area contributed by atoms with Gasteiger partial charge in [0.1, 0.15) is 29.0 Å². The van der Waals surface area contributed by atoms with Crippen molar-refractivity contribution in [1.82, 2.24) is 19.9 Å². The monoisotopic (exact) mass is 601 g/mol. The average Bonchev–Trinajstić information content (AvgIpc) is 3.01. The lowest BCUT2D eigenvalue weighted by Crippen LogP contribution is -2.44. The molecule has 43 heavy (non-hydrogen) atoms. The van der Waals surface area contributed by atoms with Crippen LogP contribution in [-0.4, -0.2) is 64.4 Å². The third-order valence-corrected chi connectivity index (χ3v) is 8.54. The van der Waals surface area contributed by atoms with Gasteiger partial charge in [0.05, 0.1) is 17.5 Å². The van der Waals surface area contributed by atoms with Crippen molar-refractivity contribution in [2.24, 2.45) is 0 Å². The Labute approximate surface area is 249 Å². The first-order chi connectivity index (χ1) is 20.8. The number of nitrogens with zero attached hydrogens (tertiary/aromatic N) is 5. The van der Waals surface area contributed by atoms with Gasteiger partial charge in [0.25, 0.3) is 0 Å². The number of pyridine rings is 3. The minimum atomic E-state index is -2.03. The quantitative estimate of drug-likeness (QED) is 0.265. The number of likely N-dealkylation sites (N-methyl/N-ethyl adjacent to an activating group) is 1. The highest BCUT2D eigenvalue weighted by atomic mass is 32.2. The van der Waals surface area contributed by atoms with Gasteiger partial charge in [0, 0.05) is 66.7 Å². The first-order valence-electron chi connectivity index (χ1n) is 13.6. The number of nitrogens with two attached hydrogens (primary N) is 1. The van der Waals surface area contributed by atoms with Crippen molar-refractivity contribution in [3.8, 4) is 28.1 Å². The van der Waals surface area contributed by atoms with Gasteiger partial charge in [-0.3, -0.25) is 4.72 Å². The zero-order valence-electron chi connectivity index (χ0n) is 23.6. The van der Waals surface area contributed by atoms with Gasteiger partial charge in [-0.1, -0.05) is 6.07 Å². The van der Waals surface area contributed by atoms with Crippen LogP contribution in [0.3, 0.4) is 0 Å². The van der Waals surface area contributed by atoms with Crippen LogP contribution in [0.5, 0.6) is 5.88 Å². The van der Waals surface area contributed by atoms with Gasteiger partial charge in [0.15, 0.2) is 11.0 Å². The summed E-state index contributed by atoms with van der Waals surface area (Å²) in [4.78, 5) is 18.1. The maximum absolute atomic E-state index is 14.2. The molecule has 0 spiro atoms. The summed E-state index contributed by atoms with van der Waals surface area (Å²) in [5.41, 5.74) is 10.5. The molecule has 1 atom stereocenters. The Bertz CT molecular complexity index is 1830. The number of nitrogens with one attached hydrogen (secondary N) is 1. The fourth-order valence-corrected chi connectivity index (χ4v) is 5.88. The number of nitrogen functional groups attached to an aromatic ring is 1. The third-order valence-electron chi connectivity index (χ3n) is 7.40. The molecule has 0 saturated carbocycles. The van der Waals surface area contributed by atoms with Gasteiger partial charge in [-0.15, -0.1) is 0 Å². The Kier molecular flexibility index (Phi) is 7.87. The van der Waals surface area contributed by atoms with E-state index in [1.54, 1.807) is 12.3 Å². The van der Waals surface area contributed by atoms with Gasteiger partial charge in [0.2, 0.25) is 5.88 Å². The zero-order valence-corrected chi connectivity index (χ0v) is 24.4. The Hall–Kier alpha value is -4.68. The standard InChI is InChI=1S/C31H29F2N7O2S/c1-39-9-11-40(12-10-39)29-8-4-20(17-35-29)24-14-21-13-19(3-6-26(21)37-30(24)34)22-15-27(31(42-2)36-18-22)38-43(41)28-7-5-23(32)16-25(28)33/h3-8,13-18,38H,9-12H2,1-2H3,(H2,34,37). The van der Waals surface area contributed by atoms with Crippen LogP contribution in [0, 0.1) is 11.6 Å². The Balaban J connectivity index is 1.29. The van der Waals surface area contributed by atoms with E-state index >= 15 is 0 Å². The van der Waals surface area contributed by atoms with Gasteiger partial charge in [-0.2, -0.15) is 0 Å². The molecule has 1 unspecified atom stereocenters. The first kappa shape index (κ1) is 28.4. The van der Waals surface area contributed by atoms with Crippen LogP contribution in [0.25, 0.3) is 33.2 Å². The zero-order chi connectivity index (χ0) is 30.1. The maximum atomic E-state index is 14.2. The average molecular weight is 602 g/mol. The van der Waals surface area contributed by atoms with E-state index in [0.29, 0.717) is 17.4 Å². The normalized spacial score (nSPS) is 14.6. The molecule has 2 aromatic carbocycles. The Morgan fingerprint density at radius 2 is 1.67 bits per heavy atom. The van der Waals surface area contributed by atoms with Gasteiger partial charge in [-0.05, 0) is 61.1 Å². The highest BCUT2D eigenvalue weighted by molar-refractivity contribution is 7.86. The second-order valence-electron chi connectivity index (χ2n) is 10.3. The van der Waals surface area contributed by atoms with Crippen molar-refractivity contribution < 1.29 is 17.7 Å². The number of hydrogen-bond acceptors (Lipinski definition) is 8. The van der Waals surface area contributed by atoms with Crippen LogP contribution in [-0.2, 0) is 11.0 Å². The number of fused-ring (bicyclic) bond motifs is 1. The largest absolute Gasteiger partial charge is 0.480 e. The van der Waals surface area contributed by atoms with Crippen LogP contribution >= 0.6 is 0 Å². The van der Waals surface area contributed by atoms with Crippen molar-refractivity contribution in [3.63, 3.8) is 0 Å². The summed E-state index contributed by atoms with van der Waals surface area (Å²) >= 11 is 0. The summed E-state index contributed by atoms with van der Waals surface area (Å²) in [6.45, 7) is 3.86. The summed E-state index contributed by atoms with van der Waals surface area (Å²) in [6, 6.07) is 16.3. The molecule has 5 aromatic rings. The highest BCUT2D eigenvalue weighted by Gasteiger charge is 2.17. The Morgan fingerprint density at radius 3 is 2.40 bits per heavy atom. The number of aromatic nitrogens is 3. The molecular formula is C31H29F2N7O2S. The number of benzene rings is 2. The summed E-state index contributed by atoms with van der Waals surface area (Å²) in [6.07, 6.45) is 3.45. The van der Waals surface area contributed by atoms with Crippen molar-refractivity contribution >= 4 is 39.2 Å². The van der Waals surface area contributed by atoms with E-state index in [1.165, 1.54) is 7.11 Å². The van der Waals surface area contributed by atoms with E-state index in [-0.39, 0.29) is 16.5 Å². The van der Waals surface area contributed by atoms with Gasteiger partial charge >= 0.3 is 0 Å². The molecule has 6 rings (SSSR count). The number of hydrogen-bond donors (Lipinski definition) is 2. The topological polar surface area (TPSA) is 110 Å². The molecule has 1 fully saturated rings. The molecule has 12 heteroatoms. The molecule has 4 heterocycles. The fourth-order valence-electron chi connectivity index (χ4n) is 5.00. The minimum Gasteiger partial charge on any atom is -0.480 e. The molecule has 0 amide bonds. The number of halogens is 2. The lowest BCUT2D eigenvalue weighted by molar-refractivity contribution is 0.312. The van der Waals surface area contributed by atoms with E-state index in [1.807, 2.05) is 42.6 Å². The van der Waals surface area contributed by atoms with Gasteiger partial charge < -0.3 is 20.3 Å². The summed E-state index contributed by atoms with van der Waals surface area (Å²) < 4.78 is 48.5. The van der Waals surface area contributed by atoms with Crippen molar-refractivity contribution in [3.05, 3.63) is 84.7 Å². The van der Waals surface area contributed by atoms with E-state index < -0.39 is 22.6 Å². The maximum Gasteiger partial charge on any atom is 0.238 e. The molecule has 3 aromatic heterocycles. The molecule has 1 aliphatic heterocycles. The predicted octanol–water partition coefficient (Wildman–Crippen LogP) is 5.11. The number of ether oxygens (including phenoxy) is 1. The predicted molar refractivity (Wildman–Crippen MR) is 165 cm³/mol. The molecular weight excluding hydrogens is 572 g/mol. The molecule has 1 aliphatic rings. The molecule has 0 radical (unpaired) electrons. The number of anilines is 3. The van der Waals surface area contributed by atoms with E-state index in [4.69, 9.17) is 15.5 Å². The SMILES string of the molecule is COc1ncc(-c2ccc3nc(N)c(-c4ccc(N5CCN(C)CC5)nc4)cc3c2)cc1NS(=O)c1ccc(F)cc1F. The fraction of sp³-hybridized carbons (Fsp3) is 0.194. The second-order valence-corrected chi connectivity index (χ2v) is 11.4. The minimum absolute atomic E-state index is 0.171. The summed E-state index contributed by atoms with van der Waals surface area (Å²) in [7, 11) is 1.51. The second kappa shape index (κ2) is 11.9. The van der Waals surface area contributed by atoms with E-state index in [9.17, 15) is 13.0 Å².